The fraction of sp³-hybridized carbons (Fsp3) is 0.524. The number of urea groups is 1. The number of aryl methyl sites for hydroxylation is 1. The summed E-state index contributed by atoms with van der Waals surface area (Å²) in [5, 5.41) is 12.7. The zero-order chi connectivity index (χ0) is 21.7. The van der Waals surface area contributed by atoms with E-state index in [-0.39, 0.29) is 11.0 Å². The lowest BCUT2D eigenvalue weighted by Gasteiger charge is -2.20. The molecule has 2 aliphatic rings. The lowest BCUT2D eigenvalue weighted by molar-refractivity contribution is 0.0779. The average molecular weight is 433 g/mol. The maximum Gasteiger partial charge on any atom is 0.332 e. The molecule has 2 atom stereocenters. The van der Waals surface area contributed by atoms with Gasteiger partial charge >= 0.3 is 6.03 Å². The van der Waals surface area contributed by atoms with Crippen molar-refractivity contribution in [3.05, 3.63) is 40.9 Å². The fourth-order valence-electron chi connectivity index (χ4n) is 3.98. The van der Waals surface area contributed by atoms with Crippen LogP contribution in [-0.2, 0) is 28.4 Å². The van der Waals surface area contributed by atoms with Crippen molar-refractivity contribution < 1.29 is 18.5 Å². The molecule has 0 saturated heterocycles. The number of hydrogen-bond acceptors (Lipinski definition) is 6. The minimum Gasteiger partial charge on any atom is -0.452 e. The molecule has 0 aliphatic heterocycles. The standard InChI is InChI=1S/C21H28N4O4S/c1-12(13-7-8-13)16-10-23-17-6-4-5-15(17)19(16)24-20(26)25-30(22,28)18-9-14(11-29-18)21(2,3)27/h9-13,27H,4-8H2,1-3H3,(H3,22,23,24,25,26,28)/t12-,30?/m0/s1. The molecule has 0 aromatic carbocycles. The monoisotopic (exact) mass is 432 g/mol. The molecule has 0 radical (unpaired) electrons. The smallest absolute Gasteiger partial charge is 0.332 e. The third kappa shape index (κ3) is 4.09. The van der Waals surface area contributed by atoms with Crippen LogP contribution in [0.15, 0.2) is 28.0 Å². The van der Waals surface area contributed by atoms with Crippen molar-refractivity contribution in [2.45, 2.75) is 69.5 Å². The number of carbonyl (C=O) groups excluding carboxylic acids is 1. The Bertz CT molecular complexity index is 1080. The van der Waals surface area contributed by atoms with Gasteiger partial charge in [-0.3, -0.25) is 4.98 Å². The highest BCUT2D eigenvalue weighted by molar-refractivity contribution is 7.91. The second kappa shape index (κ2) is 7.39. The van der Waals surface area contributed by atoms with E-state index in [0.29, 0.717) is 11.5 Å². The molecule has 2 aromatic rings. The van der Waals surface area contributed by atoms with E-state index in [1.54, 1.807) is 13.8 Å². The van der Waals surface area contributed by atoms with E-state index < -0.39 is 21.5 Å². The van der Waals surface area contributed by atoms with Crippen molar-refractivity contribution in [3.63, 3.8) is 0 Å². The number of fused-ring (bicyclic) bond motifs is 1. The van der Waals surface area contributed by atoms with E-state index >= 15 is 0 Å². The van der Waals surface area contributed by atoms with Gasteiger partial charge in [-0.15, -0.1) is 0 Å². The van der Waals surface area contributed by atoms with E-state index in [1.165, 1.54) is 25.2 Å². The number of aliphatic hydroxyl groups is 1. The zero-order valence-electron chi connectivity index (χ0n) is 17.4. The normalized spacial score (nSPS) is 19.1. The molecule has 0 spiro atoms. The number of furan rings is 1. The van der Waals surface area contributed by atoms with Gasteiger partial charge in [-0.1, -0.05) is 6.92 Å². The van der Waals surface area contributed by atoms with Crippen LogP contribution in [0, 0.1) is 10.7 Å². The number of nitrogens with zero attached hydrogens (tertiary/aromatic N) is 1. The maximum atomic E-state index is 12.8. The van der Waals surface area contributed by atoms with E-state index in [2.05, 4.69) is 21.9 Å². The van der Waals surface area contributed by atoms with E-state index in [9.17, 15) is 14.1 Å². The average Bonchev–Trinajstić information content (AvgIpc) is 3.16. The summed E-state index contributed by atoms with van der Waals surface area (Å²) in [4.78, 5) is 17.3. The summed E-state index contributed by atoms with van der Waals surface area (Å²) in [6, 6.07) is 0.612. The Kier molecular flexibility index (Phi) is 5.14. The van der Waals surface area contributed by atoms with Gasteiger partial charge in [0.2, 0.25) is 5.09 Å². The number of nitrogens with one attached hydrogen (secondary N) is 3. The highest BCUT2D eigenvalue weighted by Gasteiger charge is 2.33. The summed E-state index contributed by atoms with van der Waals surface area (Å²) in [7, 11) is -3.73. The van der Waals surface area contributed by atoms with Gasteiger partial charge in [-0.25, -0.2) is 18.5 Å². The SMILES string of the molecule is C[C@H](c1cnc2c(c1NC(=O)NS(=N)(=O)c1cc(C(C)(C)O)co1)CCC2)C1CC1. The van der Waals surface area contributed by atoms with Gasteiger partial charge in [0, 0.05) is 23.5 Å². The molecule has 2 aliphatic carbocycles. The third-order valence-corrected chi connectivity index (χ3v) is 7.25. The second-order valence-corrected chi connectivity index (χ2v) is 10.5. The Morgan fingerprint density at radius 1 is 1.40 bits per heavy atom. The van der Waals surface area contributed by atoms with E-state index in [1.807, 2.05) is 6.20 Å². The molecular formula is C21H28N4O4S. The summed E-state index contributed by atoms with van der Waals surface area (Å²) in [6.45, 7) is 5.26. The number of pyridine rings is 1. The Morgan fingerprint density at radius 3 is 2.77 bits per heavy atom. The molecule has 30 heavy (non-hydrogen) atoms. The van der Waals surface area contributed by atoms with Crippen LogP contribution >= 0.6 is 0 Å². The number of anilines is 1. The molecule has 1 saturated carbocycles. The van der Waals surface area contributed by atoms with Crippen molar-refractivity contribution in [2.24, 2.45) is 5.92 Å². The topological polar surface area (TPSA) is 128 Å². The van der Waals surface area contributed by atoms with Crippen molar-refractivity contribution in [1.29, 1.82) is 4.78 Å². The van der Waals surface area contributed by atoms with Crippen LogP contribution in [-0.4, -0.2) is 20.3 Å². The molecule has 2 aromatic heterocycles. The number of carbonyl (C=O) groups is 1. The second-order valence-electron chi connectivity index (χ2n) is 8.82. The molecule has 2 amide bonds. The maximum absolute atomic E-state index is 12.8. The van der Waals surface area contributed by atoms with Gasteiger partial charge in [0.1, 0.15) is 0 Å². The summed E-state index contributed by atoms with van der Waals surface area (Å²) < 4.78 is 28.4. The van der Waals surface area contributed by atoms with Crippen LogP contribution in [0.1, 0.15) is 68.3 Å². The highest BCUT2D eigenvalue weighted by Crippen LogP contribution is 2.45. The molecule has 8 nitrogen and oxygen atoms in total. The Labute approximate surface area is 176 Å². The Morgan fingerprint density at radius 2 is 2.13 bits per heavy atom. The summed E-state index contributed by atoms with van der Waals surface area (Å²) >= 11 is 0. The first kappa shape index (κ1) is 20.9. The number of aromatic nitrogens is 1. The molecule has 162 valence electrons. The summed E-state index contributed by atoms with van der Waals surface area (Å²) in [6.07, 6.45) is 8.15. The first-order valence-electron chi connectivity index (χ1n) is 10.3. The van der Waals surface area contributed by atoms with Gasteiger partial charge in [-0.05, 0) is 68.9 Å². The summed E-state index contributed by atoms with van der Waals surface area (Å²) in [5.74, 6) is 0.872. The fourth-order valence-corrected chi connectivity index (χ4v) is 4.87. The van der Waals surface area contributed by atoms with Crippen LogP contribution < -0.4 is 10.0 Å². The van der Waals surface area contributed by atoms with Crippen molar-refractivity contribution >= 4 is 21.6 Å². The van der Waals surface area contributed by atoms with Crippen molar-refractivity contribution in [2.75, 3.05) is 5.32 Å². The molecule has 1 fully saturated rings. The van der Waals surface area contributed by atoms with Gasteiger partial charge in [0.25, 0.3) is 0 Å². The molecule has 0 bridgehead atoms. The number of amides is 2. The van der Waals surface area contributed by atoms with E-state index in [0.717, 1.165) is 41.8 Å². The lowest BCUT2D eigenvalue weighted by Crippen LogP contribution is -2.34. The highest BCUT2D eigenvalue weighted by atomic mass is 32.2. The van der Waals surface area contributed by atoms with Crippen LogP contribution in [0.5, 0.6) is 0 Å². The first-order valence-corrected chi connectivity index (χ1v) is 11.8. The molecule has 4 rings (SSSR count). The largest absolute Gasteiger partial charge is 0.452 e. The Balaban J connectivity index is 1.57. The van der Waals surface area contributed by atoms with E-state index in [4.69, 9.17) is 9.20 Å². The number of hydrogen-bond donors (Lipinski definition) is 4. The molecule has 9 heteroatoms. The molecular weight excluding hydrogens is 404 g/mol. The van der Waals surface area contributed by atoms with Crippen LogP contribution in [0.25, 0.3) is 0 Å². The molecule has 4 N–H and O–H groups in total. The zero-order valence-corrected chi connectivity index (χ0v) is 18.3. The minimum absolute atomic E-state index is 0.207. The van der Waals surface area contributed by atoms with Gasteiger partial charge < -0.3 is 14.8 Å². The molecule has 2 heterocycles. The van der Waals surface area contributed by atoms with Crippen molar-refractivity contribution in [1.82, 2.24) is 9.71 Å². The lowest BCUT2D eigenvalue weighted by atomic mass is 9.94. The van der Waals surface area contributed by atoms with Gasteiger partial charge in [0.05, 0.1) is 17.6 Å². The van der Waals surface area contributed by atoms with Crippen LogP contribution in [0.4, 0.5) is 10.5 Å². The Hall–Kier alpha value is -2.39. The van der Waals surface area contributed by atoms with Crippen LogP contribution in [0.3, 0.4) is 0 Å². The van der Waals surface area contributed by atoms with Crippen molar-refractivity contribution in [3.8, 4) is 0 Å². The van der Waals surface area contributed by atoms with Gasteiger partial charge in [-0.2, -0.15) is 0 Å². The minimum atomic E-state index is -3.73. The first-order chi connectivity index (χ1) is 14.1. The quantitative estimate of drug-likeness (QED) is 0.547. The molecule has 1 unspecified atom stereocenters. The summed E-state index contributed by atoms with van der Waals surface area (Å²) in [5.41, 5.74) is 2.93. The third-order valence-electron chi connectivity index (χ3n) is 6.00. The van der Waals surface area contributed by atoms with Gasteiger partial charge in [0.15, 0.2) is 9.92 Å². The number of rotatable bonds is 6. The van der Waals surface area contributed by atoms with Crippen LogP contribution in [0.2, 0.25) is 0 Å². The predicted octanol–water partition coefficient (Wildman–Crippen LogP) is 4.05. The predicted molar refractivity (Wildman–Crippen MR) is 113 cm³/mol.